The Hall–Kier alpha value is -2.09. The molecule has 0 aromatic carbocycles. The number of rotatable bonds is 3. The molecule has 2 saturated heterocycles. The van der Waals surface area contributed by atoms with E-state index in [1.807, 2.05) is 31.7 Å². The lowest BCUT2D eigenvalue weighted by molar-refractivity contribution is 0.0179. The molecule has 27 heavy (non-hydrogen) atoms. The third-order valence-corrected chi connectivity index (χ3v) is 5.43. The van der Waals surface area contributed by atoms with Crippen LogP contribution in [0.3, 0.4) is 0 Å². The van der Waals surface area contributed by atoms with E-state index >= 15 is 0 Å². The van der Waals surface area contributed by atoms with Gasteiger partial charge in [-0.05, 0) is 39.5 Å². The van der Waals surface area contributed by atoms with E-state index in [1.165, 1.54) is 0 Å². The number of aromatic nitrogens is 2. The molecule has 8 heteroatoms. The number of piperidine rings is 1. The molecule has 3 heterocycles. The molecule has 3 fully saturated rings. The number of carbonyl (C=O) groups excluding carboxylic acids is 1. The van der Waals surface area contributed by atoms with E-state index in [9.17, 15) is 4.79 Å². The van der Waals surface area contributed by atoms with Crippen LogP contribution in [0.2, 0.25) is 0 Å². The second kappa shape index (κ2) is 7.14. The number of hydrogen-bond acceptors (Lipinski definition) is 7. The zero-order chi connectivity index (χ0) is 19.0. The van der Waals surface area contributed by atoms with E-state index in [4.69, 9.17) is 9.47 Å². The number of nitrogens with one attached hydrogen (secondary N) is 1. The number of ether oxygens (including phenoxy) is 2. The molecule has 2 bridgehead atoms. The second-order valence-corrected chi connectivity index (χ2v) is 8.65. The molecule has 4 rings (SSSR count). The molecule has 1 aliphatic carbocycles. The van der Waals surface area contributed by atoms with Crippen LogP contribution >= 0.6 is 0 Å². The van der Waals surface area contributed by atoms with E-state index < -0.39 is 5.60 Å². The van der Waals surface area contributed by atoms with E-state index in [-0.39, 0.29) is 18.2 Å². The molecule has 148 valence electrons. The summed E-state index contributed by atoms with van der Waals surface area (Å²) >= 11 is 0. The molecule has 3 unspecified atom stereocenters. The highest BCUT2D eigenvalue weighted by Gasteiger charge is 2.48. The van der Waals surface area contributed by atoms with Gasteiger partial charge in [-0.25, -0.2) is 14.8 Å². The molecule has 1 amide bonds. The molecule has 3 atom stereocenters. The van der Waals surface area contributed by atoms with Crippen LogP contribution in [0.15, 0.2) is 12.4 Å². The lowest BCUT2D eigenvalue weighted by atomic mass is 10.1. The smallest absolute Gasteiger partial charge is 0.410 e. The maximum Gasteiger partial charge on any atom is 0.410 e. The first-order valence-electron chi connectivity index (χ1n) is 9.80. The van der Waals surface area contributed by atoms with Crippen LogP contribution in [0, 0.1) is 5.92 Å². The molecule has 1 aromatic heterocycles. The minimum atomic E-state index is -0.471. The summed E-state index contributed by atoms with van der Waals surface area (Å²) in [5, 5.41) is 3.54. The Bertz CT molecular complexity index is 686. The maximum absolute atomic E-state index is 12.5. The Kier molecular flexibility index (Phi) is 4.84. The predicted octanol–water partition coefficient (Wildman–Crippen LogP) is 2.12. The van der Waals surface area contributed by atoms with Gasteiger partial charge < -0.3 is 24.6 Å². The number of anilines is 2. The van der Waals surface area contributed by atoms with Gasteiger partial charge in [0, 0.05) is 31.7 Å². The highest BCUT2D eigenvalue weighted by molar-refractivity contribution is 5.69. The normalized spacial score (nSPS) is 27.7. The zero-order valence-electron chi connectivity index (χ0n) is 16.4. The van der Waals surface area contributed by atoms with Crippen molar-refractivity contribution in [2.24, 2.45) is 5.92 Å². The minimum absolute atomic E-state index is 0.159. The van der Waals surface area contributed by atoms with Gasteiger partial charge in [0.2, 0.25) is 0 Å². The van der Waals surface area contributed by atoms with Crippen molar-refractivity contribution in [3.63, 3.8) is 0 Å². The van der Waals surface area contributed by atoms with E-state index in [0.29, 0.717) is 5.92 Å². The van der Waals surface area contributed by atoms with Gasteiger partial charge in [0.05, 0.1) is 19.3 Å². The maximum atomic E-state index is 12.5. The quantitative estimate of drug-likeness (QED) is 0.867. The first kappa shape index (κ1) is 18.3. The Labute approximate surface area is 160 Å². The number of carbonyl (C=O) groups is 1. The first-order chi connectivity index (χ1) is 12.9. The van der Waals surface area contributed by atoms with Crippen LogP contribution in [0.5, 0.6) is 0 Å². The molecule has 1 aromatic rings. The van der Waals surface area contributed by atoms with Crippen molar-refractivity contribution in [3.8, 4) is 0 Å². The van der Waals surface area contributed by atoms with Gasteiger partial charge in [-0.15, -0.1) is 0 Å². The Morgan fingerprint density at radius 1 is 1.26 bits per heavy atom. The van der Waals surface area contributed by atoms with Gasteiger partial charge in [-0.3, -0.25) is 0 Å². The summed E-state index contributed by atoms with van der Waals surface area (Å²) in [6.45, 7) is 9.65. The number of nitrogens with zero attached hydrogens (tertiary/aromatic N) is 4. The van der Waals surface area contributed by atoms with Crippen molar-refractivity contribution in [3.05, 3.63) is 12.4 Å². The molecule has 3 aliphatic rings. The van der Waals surface area contributed by atoms with Crippen molar-refractivity contribution >= 4 is 17.7 Å². The van der Waals surface area contributed by atoms with Gasteiger partial charge in [0.15, 0.2) is 0 Å². The number of morpholine rings is 1. The van der Waals surface area contributed by atoms with Crippen LogP contribution in [-0.2, 0) is 9.47 Å². The second-order valence-electron chi connectivity index (χ2n) is 8.65. The summed E-state index contributed by atoms with van der Waals surface area (Å²) in [5.41, 5.74) is -0.471. The predicted molar refractivity (Wildman–Crippen MR) is 102 cm³/mol. The standard InChI is InChI=1S/C19H29N5O3/c1-19(2,3)27-18(25)24-11-13-8-14(15(24)9-13)22-16-10-17(21-12-20-16)23-4-6-26-7-5-23/h10,12-15H,4-9,11H2,1-3H3,(H,20,21,22). The molecule has 8 nitrogen and oxygen atoms in total. The van der Waals surface area contributed by atoms with Crippen molar-refractivity contribution in [2.75, 3.05) is 43.1 Å². The molecule has 1 N–H and O–H groups in total. The van der Waals surface area contributed by atoms with Gasteiger partial charge in [-0.1, -0.05) is 0 Å². The summed E-state index contributed by atoms with van der Waals surface area (Å²) in [6.07, 6.45) is 3.48. The molecule has 0 radical (unpaired) electrons. The lowest BCUT2D eigenvalue weighted by Gasteiger charge is -2.35. The Balaban J connectivity index is 1.42. The molecular weight excluding hydrogens is 346 g/mol. The fourth-order valence-electron chi connectivity index (χ4n) is 4.29. The van der Waals surface area contributed by atoms with E-state index in [1.54, 1.807) is 6.33 Å². The van der Waals surface area contributed by atoms with Crippen molar-refractivity contribution in [1.29, 1.82) is 0 Å². The minimum Gasteiger partial charge on any atom is -0.444 e. The Morgan fingerprint density at radius 3 is 2.74 bits per heavy atom. The number of fused-ring (bicyclic) bond motifs is 2. The largest absolute Gasteiger partial charge is 0.444 e. The van der Waals surface area contributed by atoms with Crippen molar-refractivity contribution < 1.29 is 14.3 Å². The average molecular weight is 375 g/mol. The first-order valence-corrected chi connectivity index (χ1v) is 9.80. The monoisotopic (exact) mass is 375 g/mol. The fourth-order valence-corrected chi connectivity index (χ4v) is 4.29. The summed E-state index contributed by atoms with van der Waals surface area (Å²) in [5.74, 6) is 2.26. The van der Waals surface area contributed by atoms with Crippen molar-refractivity contribution in [1.82, 2.24) is 14.9 Å². The summed E-state index contributed by atoms with van der Waals surface area (Å²) in [7, 11) is 0. The number of amides is 1. The van der Waals surface area contributed by atoms with Crippen molar-refractivity contribution in [2.45, 2.75) is 51.3 Å². The SMILES string of the molecule is CC(C)(C)OC(=O)N1CC2CC(Nc3cc(N4CCOCC4)ncn3)C1C2. The third kappa shape index (κ3) is 4.10. The lowest BCUT2D eigenvalue weighted by Crippen LogP contribution is -2.49. The van der Waals surface area contributed by atoms with E-state index in [2.05, 4.69) is 20.2 Å². The molecule has 1 saturated carbocycles. The summed E-state index contributed by atoms with van der Waals surface area (Å²) in [4.78, 5) is 25.4. The van der Waals surface area contributed by atoms with Gasteiger partial charge >= 0.3 is 6.09 Å². The molecule has 2 aliphatic heterocycles. The zero-order valence-corrected chi connectivity index (χ0v) is 16.4. The van der Waals surface area contributed by atoms with Gasteiger partial charge in [0.25, 0.3) is 0 Å². The highest BCUT2D eigenvalue weighted by atomic mass is 16.6. The summed E-state index contributed by atoms with van der Waals surface area (Å²) < 4.78 is 11.0. The average Bonchev–Trinajstić information content (AvgIpc) is 3.22. The Morgan fingerprint density at radius 2 is 2.04 bits per heavy atom. The van der Waals surface area contributed by atoms with Gasteiger partial charge in [0.1, 0.15) is 23.6 Å². The summed E-state index contributed by atoms with van der Waals surface area (Å²) in [6, 6.07) is 2.35. The van der Waals surface area contributed by atoms with Crippen LogP contribution in [-0.4, -0.2) is 71.5 Å². The third-order valence-electron chi connectivity index (χ3n) is 5.43. The fraction of sp³-hybridized carbons (Fsp3) is 0.737. The topological polar surface area (TPSA) is 79.8 Å². The van der Waals surface area contributed by atoms with Crippen LogP contribution < -0.4 is 10.2 Å². The number of hydrogen-bond donors (Lipinski definition) is 1. The molecular formula is C19H29N5O3. The van der Waals surface area contributed by atoms with Crippen LogP contribution in [0.1, 0.15) is 33.6 Å². The van der Waals surface area contributed by atoms with Gasteiger partial charge in [-0.2, -0.15) is 0 Å². The number of likely N-dealkylation sites (tertiary alicyclic amines) is 1. The highest BCUT2D eigenvalue weighted by Crippen LogP contribution is 2.39. The van der Waals surface area contributed by atoms with Crippen LogP contribution in [0.4, 0.5) is 16.4 Å². The van der Waals surface area contributed by atoms with E-state index in [0.717, 1.165) is 57.3 Å². The molecule has 0 spiro atoms. The van der Waals surface area contributed by atoms with Crippen LogP contribution in [0.25, 0.3) is 0 Å².